The molecule has 0 aliphatic carbocycles. The van der Waals surface area contributed by atoms with Crippen LogP contribution in [0, 0.1) is 12.8 Å². The minimum absolute atomic E-state index is 0. The Morgan fingerprint density at radius 3 is 2.60 bits per heavy atom. The van der Waals surface area contributed by atoms with Gasteiger partial charge in [-0.1, -0.05) is 31.5 Å². The fourth-order valence-electron chi connectivity index (χ4n) is 1.32. The second kappa shape index (κ2) is 5.39. The van der Waals surface area contributed by atoms with Crippen LogP contribution in [-0.2, 0) is 0 Å². The Labute approximate surface area is 92.4 Å². The van der Waals surface area contributed by atoms with Crippen molar-refractivity contribution in [3.63, 3.8) is 0 Å². The molecule has 0 saturated carbocycles. The normalized spacial score (nSPS) is 12.1. The average molecular weight is 206 g/mol. The molecule has 0 aliphatic heterocycles. The van der Waals surface area contributed by atoms with E-state index in [9.17, 15) is 4.79 Å². The molecule has 0 heterocycles. The minimum atomic E-state index is -0.427. The lowest BCUT2D eigenvalue weighted by molar-refractivity contribution is 0.253. The number of carbonyl (C=O) groups is 1. The topological polar surface area (TPSA) is 46.3 Å². The van der Waals surface area contributed by atoms with Gasteiger partial charge in [0.2, 0.25) is 0 Å². The van der Waals surface area contributed by atoms with Gasteiger partial charge in [0, 0.05) is 12.2 Å². The molecule has 3 nitrogen and oxygen atoms in total. The zero-order valence-corrected chi connectivity index (χ0v) is 9.02. The fraction of sp³-hybridized carbons (Fsp3) is 0.333. The fourth-order valence-corrected chi connectivity index (χ4v) is 1.32. The van der Waals surface area contributed by atoms with E-state index in [1.54, 1.807) is 4.90 Å². The van der Waals surface area contributed by atoms with Crippen LogP contribution >= 0.6 is 0 Å². The van der Waals surface area contributed by atoms with E-state index in [2.05, 4.69) is 6.92 Å². The lowest BCUT2D eigenvalue weighted by Gasteiger charge is -2.23. The molecule has 15 heavy (non-hydrogen) atoms. The van der Waals surface area contributed by atoms with Gasteiger partial charge >= 0.3 is 7.46 Å². The predicted octanol–water partition coefficient (Wildman–Crippen LogP) is 2.54. The first-order valence-electron chi connectivity index (χ1n) is 5.10. The first-order valence-corrected chi connectivity index (χ1v) is 5.10. The summed E-state index contributed by atoms with van der Waals surface area (Å²) >= 11 is 0. The maximum absolute atomic E-state index is 11.3. The second-order valence-electron chi connectivity index (χ2n) is 3.56. The molecule has 1 radical (unpaired) electrons. The minimum Gasteiger partial charge on any atom is -0.351 e. The van der Waals surface area contributed by atoms with Gasteiger partial charge in [-0.25, -0.2) is 4.79 Å². The van der Waals surface area contributed by atoms with Crippen LogP contribution in [0.2, 0.25) is 0 Å². The van der Waals surface area contributed by atoms with Crippen LogP contribution in [0.15, 0.2) is 30.3 Å². The number of primary amides is 1. The van der Waals surface area contributed by atoms with Crippen LogP contribution in [0.25, 0.3) is 0 Å². The van der Waals surface area contributed by atoms with Crippen molar-refractivity contribution in [1.29, 1.82) is 0 Å². The number of anilines is 1. The predicted molar refractivity (Wildman–Crippen MR) is 63.6 cm³/mol. The van der Waals surface area contributed by atoms with E-state index in [1.165, 1.54) is 0 Å². The molecule has 2 amide bonds. The zero-order valence-electron chi connectivity index (χ0n) is 10.0. The number of hydrogen-bond donors (Lipinski definition) is 1. The molecule has 2 N–H and O–H groups in total. The van der Waals surface area contributed by atoms with Crippen molar-refractivity contribution in [2.45, 2.75) is 13.3 Å². The van der Waals surface area contributed by atoms with Crippen molar-refractivity contribution in [3.8, 4) is 0 Å². The SMILES string of the molecule is [CH2]C(CC)CN(C(N)=O)c1ccccc1.[H+]. The van der Waals surface area contributed by atoms with Crippen molar-refractivity contribution < 1.29 is 6.22 Å². The number of nitrogens with two attached hydrogens (primary N) is 1. The summed E-state index contributed by atoms with van der Waals surface area (Å²) in [5.41, 5.74) is 6.16. The van der Waals surface area contributed by atoms with E-state index in [4.69, 9.17) is 5.73 Å². The molecule has 1 rings (SSSR count). The standard InChI is InChI=1S/C12H17N2O/c1-3-10(2)9-14(12(13)15)11-7-5-4-6-8-11/h4-8,10H,2-3,9H2,1H3,(H2,13,15)/p+1. The number of carbonyl (C=O) groups excluding carboxylic acids is 1. The summed E-state index contributed by atoms with van der Waals surface area (Å²) in [5.74, 6) is 0.206. The van der Waals surface area contributed by atoms with Gasteiger partial charge in [0.1, 0.15) is 0 Å². The van der Waals surface area contributed by atoms with Crippen molar-refractivity contribution in [1.82, 2.24) is 0 Å². The van der Waals surface area contributed by atoms with Gasteiger partial charge in [-0.05, 0) is 25.0 Å². The van der Waals surface area contributed by atoms with E-state index in [1.807, 2.05) is 37.3 Å². The van der Waals surface area contributed by atoms with Crippen LogP contribution in [0.5, 0.6) is 0 Å². The Hall–Kier alpha value is -1.51. The van der Waals surface area contributed by atoms with E-state index in [0.29, 0.717) is 6.54 Å². The molecule has 1 unspecified atom stereocenters. The van der Waals surface area contributed by atoms with E-state index < -0.39 is 6.03 Å². The number of amides is 2. The highest BCUT2D eigenvalue weighted by Gasteiger charge is 2.14. The van der Waals surface area contributed by atoms with E-state index >= 15 is 0 Å². The van der Waals surface area contributed by atoms with Gasteiger partial charge in [0.15, 0.2) is 0 Å². The lowest BCUT2D eigenvalue weighted by atomic mass is 10.1. The van der Waals surface area contributed by atoms with Gasteiger partial charge < -0.3 is 5.73 Å². The Balaban J connectivity index is 0.00000225. The third kappa shape index (κ3) is 3.27. The van der Waals surface area contributed by atoms with Crippen LogP contribution in [0.4, 0.5) is 10.5 Å². The molecule has 1 aromatic carbocycles. The van der Waals surface area contributed by atoms with E-state index in [0.717, 1.165) is 12.1 Å². The number of hydrogen-bond acceptors (Lipinski definition) is 1. The molecule has 0 aliphatic rings. The molecule has 1 atom stereocenters. The number of urea groups is 1. The summed E-state index contributed by atoms with van der Waals surface area (Å²) in [6.45, 7) is 6.56. The van der Waals surface area contributed by atoms with Crippen molar-refractivity contribution in [2.75, 3.05) is 11.4 Å². The Morgan fingerprint density at radius 1 is 1.53 bits per heavy atom. The van der Waals surface area contributed by atoms with E-state index in [-0.39, 0.29) is 7.34 Å². The number of nitrogens with zero attached hydrogens (tertiary/aromatic N) is 1. The quantitative estimate of drug-likeness (QED) is 0.808. The summed E-state index contributed by atoms with van der Waals surface area (Å²) in [7, 11) is 0. The van der Waals surface area contributed by atoms with Crippen molar-refractivity contribution >= 4 is 11.7 Å². The summed E-state index contributed by atoms with van der Waals surface area (Å²) < 4.78 is 0. The molecule has 3 heteroatoms. The molecule has 0 fully saturated rings. The number of para-hydroxylation sites is 1. The number of rotatable bonds is 4. The molecule has 0 spiro atoms. The van der Waals surface area contributed by atoms with Crippen molar-refractivity contribution in [2.24, 2.45) is 11.7 Å². The summed E-state index contributed by atoms with van der Waals surface area (Å²) in [6.07, 6.45) is 0.927. The third-order valence-corrected chi connectivity index (χ3v) is 2.35. The maximum atomic E-state index is 11.3. The van der Waals surface area contributed by atoms with Crippen LogP contribution in [-0.4, -0.2) is 12.6 Å². The number of benzene rings is 1. The first-order chi connectivity index (χ1) is 7.15. The second-order valence-corrected chi connectivity index (χ2v) is 3.56. The highest BCUT2D eigenvalue weighted by molar-refractivity contribution is 5.90. The van der Waals surface area contributed by atoms with Gasteiger partial charge in [-0.15, -0.1) is 0 Å². The summed E-state index contributed by atoms with van der Waals surface area (Å²) in [6, 6.07) is 8.98. The molecule has 81 valence electrons. The molecule has 1 aromatic rings. The van der Waals surface area contributed by atoms with Gasteiger partial charge in [-0.2, -0.15) is 0 Å². The van der Waals surface area contributed by atoms with Crippen LogP contribution in [0.3, 0.4) is 0 Å². The molecular weight excluding hydrogens is 188 g/mol. The Kier molecular flexibility index (Phi) is 4.16. The largest absolute Gasteiger partial charge is 1.00 e. The average Bonchev–Trinajstić information content (AvgIpc) is 2.26. The zero-order chi connectivity index (χ0) is 11.3. The highest BCUT2D eigenvalue weighted by Crippen LogP contribution is 2.15. The smallest absolute Gasteiger partial charge is 0.351 e. The first kappa shape index (κ1) is 11.6. The van der Waals surface area contributed by atoms with Gasteiger partial charge in [-0.3, -0.25) is 4.90 Å². The third-order valence-electron chi connectivity index (χ3n) is 2.35. The molecule has 0 bridgehead atoms. The summed E-state index contributed by atoms with van der Waals surface area (Å²) in [5, 5.41) is 0. The Morgan fingerprint density at radius 2 is 2.13 bits per heavy atom. The maximum Gasteiger partial charge on any atom is 1.00 e. The summed E-state index contributed by atoms with van der Waals surface area (Å²) in [4.78, 5) is 12.8. The van der Waals surface area contributed by atoms with Crippen LogP contribution in [0.1, 0.15) is 14.8 Å². The van der Waals surface area contributed by atoms with Gasteiger partial charge in [0.05, 0.1) is 0 Å². The molecule has 0 saturated heterocycles. The van der Waals surface area contributed by atoms with Gasteiger partial charge in [0.25, 0.3) is 0 Å². The van der Waals surface area contributed by atoms with Crippen LogP contribution < -0.4 is 10.6 Å². The molecular formula is C12H18N2O+. The molecule has 0 aromatic heterocycles. The Bertz CT molecular complexity index is 316. The highest BCUT2D eigenvalue weighted by atomic mass is 16.2. The lowest BCUT2D eigenvalue weighted by Crippen LogP contribution is -2.38. The van der Waals surface area contributed by atoms with Crippen molar-refractivity contribution in [3.05, 3.63) is 37.3 Å². The monoisotopic (exact) mass is 206 g/mol.